The highest BCUT2D eigenvalue weighted by molar-refractivity contribution is 5.80. The maximum atomic E-state index is 11.9. The molecule has 1 rings (SSSR count). The minimum Gasteiger partial charge on any atom is -0.481 e. The molecule has 98 valence electrons. The van der Waals surface area contributed by atoms with Crippen molar-refractivity contribution in [2.45, 2.75) is 39.7 Å². The quantitative estimate of drug-likeness (QED) is 0.674. The van der Waals surface area contributed by atoms with Gasteiger partial charge in [-0.1, -0.05) is 20.8 Å². The molecule has 17 heavy (non-hydrogen) atoms. The van der Waals surface area contributed by atoms with Gasteiger partial charge in [-0.3, -0.25) is 9.59 Å². The molecule has 0 spiro atoms. The number of hydrogen-bond donors (Lipinski definition) is 3. The van der Waals surface area contributed by atoms with E-state index in [4.69, 9.17) is 5.11 Å². The Morgan fingerprint density at radius 2 is 2.12 bits per heavy atom. The van der Waals surface area contributed by atoms with Crippen LogP contribution in [0.25, 0.3) is 0 Å². The Morgan fingerprint density at radius 3 is 2.53 bits per heavy atom. The minimum atomic E-state index is -0.880. The zero-order valence-electron chi connectivity index (χ0n) is 10.7. The molecule has 3 N–H and O–H groups in total. The second-order valence-corrected chi connectivity index (χ2v) is 5.71. The summed E-state index contributed by atoms with van der Waals surface area (Å²) in [5.74, 6) is -0.931. The summed E-state index contributed by atoms with van der Waals surface area (Å²) in [7, 11) is 0. The van der Waals surface area contributed by atoms with Gasteiger partial charge >= 0.3 is 5.97 Å². The number of hydrogen-bond acceptors (Lipinski definition) is 3. The van der Waals surface area contributed by atoms with Gasteiger partial charge in [0.25, 0.3) is 0 Å². The second kappa shape index (κ2) is 5.49. The largest absolute Gasteiger partial charge is 0.481 e. The van der Waals surface area contributed by atoms with Gasteiger partial charge in [0.05, 0.1) is 12.3 Å². The fourth-order valence-electron chi connectivity index (χ4n) is 1.92. The SMILES string of the molecule is CC(C)(C)C(CC(=O)O)NC(=O)C1CCNC1. The molecule has 0 aromatic carbocycles. The second-order valence-electron chi connectivity index (χ2n) is 5.71. The number of carboxylic acid groups (broad SMARTS) is 1. The predicted molar refractivity (Wildman–Crippen MR) is 64.6 cm³/mol. The Labute approximate surface area is 102 Å². The molecule has 0 radical (unpaired) electrons. The Hall–Kier alpha value is -1.10. The molecule has 2 unspecified atom stereocenters. The van der Waals surface area contributed by atoms with Crippen LogP contribution in [0, 0.1) is 11.3 Å². The Morgan fingerprint density at radius 1 is 1.47 bits per heavy atom. The van der Waals surface area contributed by atoms with Crippen LogP contribution in [-0.4, -0.2) is 36.1 Å². The van der Waals surface area contributed by atoms with Gasteiger partial charge in [0.2, 0.25) is 5.91 Å². The van der Waals surface area contributed by atoms with Crippen LogP contribution in [0.5, 0.6) is 0 Å². The van der Waals surface area contributed by atoms with E-state index >= 15 is 0 Å². The van der Waals surface area contributed by atoms with E-state index in [-0.39, 0.29) is 29.7 Å². The van der Waals surface area contributed by atoms with Crippen molar-refractivity contribution in [2.75, 3.05) is 13.1 Å². The highest BCUT2D eigenvalue weighted by Crippen LogP contribution is 2.22. The number of carboxylic acids is 1. The van der Waals surface area contributed by atoms with E-state index in [0.29, 0.717) is 6.54 Å². The fourth-order valence-corrected chi connectivity index (χ4v) is 1.92. The topological polar surface area (TPSA) is 78.4 Å². The summed E-state index contributed by atoms with van der Waals surface area (Å²) >= 11 is 0. The van der Waals surface area contributed by atoms with Crippen LogP contribution in [0.3, 0.4) is 0 Å². The standard InChI is InChI=1S/C12H22N2O3/c1-12(2,3)9(6-10(15)16)14-11(17)8-4-5-13-7-8/h8-9,13H,4-7H2,1-3H3,(H,14,17)(H,15,16). The van der Waals surface area contributed by atoms with Gasteiger partial charge in [-0.25, -0.2) is 0 Å². The average Bonchev–Trinajstić information content (AvgIpc) is 2.66. The van der Waals surface area contributed by atoms with Crippen LogP contribution >= 0.6 is 0 Å². The Balaban J connectivity index is 2.59. The van der Waals surface area contributed by atoms with Crippen molar-refractivity contribution in [3.8, 4) is 0 Å². The lowest BCUT2D eigenvalue weighted by atomic mass is 9.84. The van der Waals surface area contributed by atoms with Crippen molar-refractivity contribution in [2.24, 2.45) is 11.3 Å². The zero-order chi connectivity index (χ0) is 13.1. The van der Waals surface area contributed by atoms with Gasteiger partial charge in [0.15, 0.2) is 0 Å². The number of carbonyl (C=O) groups is 2. The summed E-state index contributed by atoms with van der Waals surface area (Å²) in [4.78, 5) is 22.7. The zero-order valence-corrected chi connectivity index (χ0v) is 10.7. The molecule has 0 aromatic rings. The van der Waals surface area contributed by atoms with E-state index in [2.05, 4.69) is 10.6 Å². The summed E-state index contributed by atoms with van der Waals surface area (Å²) in [5, 5.41) is 14.9. The lowest BCUT2D eigenvalue weighted by molar-refractivity contribution is -0.138. The average molecular weight is 242 g/mol. The molecule has 1 saturated heterocycles. The van der Waals surface area contributed by atoms with Gasteiger partial charge in [0, 0.05) is 12.6 Å². The number of rotatable bonds is 4. The molecule has 1 aliphatic heterocycles. The van der Waals surface area contributed by atoms with Gasteiger partial charge in [-0.15, -0.1) is 0 Å². The van der Waals surface area contributed by atoms with Crippen LogP contribution in [0.15, 0.2) is 0 Å². The first kappa shape index (κ1) is 14.0. The summed E-state index contributed by atoms with van der Waals surface area (Å²) in [6.07, 6.45) is 0.797. The summed E-state index contributed by atoms with van der Waals surface area (Å²) < 4.78 is 0. The Kier molecular flexibility index (Phi) is 4.51. The number of aliphatic carboxylic acids is 1. The van der Waals surface area contributed by atoms with Crippen LogP contribution in [0.2, 0.25) is 0 Å². The van der Waals surface area contributed by atoms with Crippen molar-refractivity contribution in [1.29, 1.82) is 0 Å². The van der Waals surface area contributed by atoms with E-state index in [9.17, 15) is 9.59 Å². The van der Waals surface area contributed by atoms with E-state index in [1.165, 1.54) is 0 Å². The molecular weight excluding hydrogens is 220 g/mol. The lowest BCUT2D eigenvalue weighted by Crippen LogP contribution is -2.47. The first-order valence-corrected chi connectivity index (χ1v) is 6.03. The third kappa shape index (κ3) is 4.34. The molecule has 1 amide bonds. The van der Waals surface area contributed by atoms with Crippen molar-refractivity contribution in [3.63, 3.8) is 0 Å². The lowest BCUT2D eigenvalue weighted by Gasteiger charge is -2.31. The van der Waals surface area contributed by atoms with Crippen LogP contribution < -0.4 is 10.6 Å². The molecule has 0 saturated carbocycles. The van der Waals surface area contributed by atoms with E-state index < -0.39 is 5.97 Å². The smallest absolute Gasteiger partial charge is 0.305 e. The van der Waals surface area contributed by atoms with E-state index in [0.717, 1.165) is 13.0 Å². The molecule has 5 nitrogen and oxygen atoms in total. The van der Waals surface area contributed by atoms with Gasteiger partial charge in [-0.2, -0.15) is 0 Å². The van der Waals surface area contributed by atoms with Gasteiger partial charge < -0.3 is 15.7 Å². The number of carbonyl (C=O) groups excluding carboxylic acids is 1. The van der Waals surface area contributed by atoms with Gasteiger partial charge in [-0.05, 0) is 18.4 Å². The molecule has 0 bridgehead atoms. The van der Waals surface area contributed by atoms with E-state index in [1.54, 1.807) is 0 Å². The molecule has 1 aliphatic rings. The maximum absolute atomic E-state index is 11.9. The molecule has 0 aromatic heterocycles. The van der Waals surface area contributed by atoms with Gasteiger partial charge in [0.1, 0.15) is 0 Å². The third-order valence-corrected chi connectivity index (χ3v) is 3.17. The highest BCUT2D eigenvalue weighted by Gasteiger charge is 2.31. The minimum absolute atomic E-state index is 0.0198. The van der Waals surface area contributed by atoms with E-state index in [1.807, 2.05) is 20.8 Å². The molecule has 1 fully saturated rings. The maximum Gasteiger partial charge on any atom is 0.305 e. The van der Waals surface area contributed by atoms with Crippen molar-refractivity contribution >= 4 is 11.9 Å². The van der Waals surface area contributed by atoms with Crippen molar-refractivity contribution in [3.05, 3.63) is 0 Å². The summed E-state index contributed by atoms with van der Waals surface area (Å²) in [5.41, 5.74) is -0.250. The fraction of sp³-hybridized carbons (Fsp3) is 0.833. The highest BCUT2D eigenvalue weighted by atomic mass is 16.4. The summed E-state index contributed by atoms with van der Waals surface area (Å²) in [6.45, 7) is 7.36. The number of nitrogens with one attached hydrogen (secondary N) is 2. The first-order chi connectivity index (χ1) is 7.80. The first-order valence-electron chi connectivity index (χ1n) is 6.03. The molecule has 1 heterocycles. The molecular formula is C12H22N2O3. The van der Waals surface area contributed by atoms with Crippen molar-refractivity contribution in [1.82, 2.24) is 10.6 Å². The third-order valence-electron chi connectivity index (χ3n) is 3.17. The predicted octanol–water partition coefficient (Wildman–Crippen LogP) is 0.602. The van der Waals surface area contributed by atoms with Crippen molar-refractivity contribution < 1.29 is 14.7 Å². The monoisotopic (exact) mass is 242 g/mol. The molecule has 0 aliphatic carbocycles. The van der Waals surface area contributed by atoms with Crippen LogP contribution in [-0.2, 0) is 9.59 Å². The number of amides is 1. The molecule has 2 atom stereocenters. The summed E-state index contributed by atoms with van der Waals surface area (Å²) in [6, 6.07) is -0.326. The molecule has 5 heteroatoms. The van der Waals surface area contributed by atoms with Crippen LogP contribution in [0.1, 0.15) is 33.6 Å². The normalized spacial score (nSPS) is 22.2. The van der Waals surface area contributed by atoms with Crippen LogP contribution in [0.4, 0.5) is 0 Å². The Bertz CT molecular complexity index is 291.